The number of hydrazine groups is 1. The third-order valence-electron chi connectivity index (χ3n) is 2.57. The molecule has 16 heavy (non-hydrogen) atoms. The average molecular weight is 228 g/mol. The largest absolute Gasteiger partial charge is 0.304 e. The van der Waals surface area contributed by atoms with E-state index in [0.29, 0.717) is 6.54 Å². The molecular weight excluding hydrogens is 204 g/mol. The van der Waals surface area contributed by atoms with Crippen LogP contribution in [0.4, 0.5) is 0 Å². The fourth-order valence-electron chi connectivity index (χ4n) is 1.48. The van der Waals surface area contributed by atoms with Crippen LogP contribution in [0.3, 0.4) is 0 Å². The lowest BCUT2D eigenvalue weighted by Gasteiger charge is -2.32. The van der Waals surface area contributed by atoms with Crippen molar-refractivity contribution in [3.8, 4) is 0 Å². The summed E-state index contributed by atoms with van der Waals surface area (Å²) in [7, 11) is 2.10. The number of likely N-dealkylation sites (N-methyl/N-ethyl adjacent to an activating group) is 1. The first-order valence-corrected chi connectivity index (χ1v) is 5.85. The molecule has 1 amide bonds. The van der Waals surface area contributed by atoms with E-state index in [4.69, 9.17) is 0 Å². The Kier molecular flexibility index (Phi) is 4.70. The molecule has 0 atom stereocenters. The van der Waals surface area contributed by atoms with Crippen LogP contribution in [0.1, 0.15) is 20.8 Å². The monoisotopic (exact) mass is 228 g/mol. The highest BCUT2D eigenvalue weighted by atomic mass is 16.2. The summed E-state index contributed by atoms with van der Waals surface area (Å²) < 4.78 is 0. The first-order chi connectivity index (χ1) is 7.37. The summed E-state index contributed by atoms with van der Waals surface area (Å²) in [6.45, 7) is 10.3. The van der Waals surface area contributed by atoms with Crippen molar-refractivity contribution < 1.29 is 4.79 Å². The van der Waals surface area contributed by atoms with Crippen molar-refractivity contribution in [1.82, 2.24) is 20.7 Å². The van der Waals surface area contributed by atoms with E-state index in [1.165, 1.54) is 0 Å². The number of piperazine rings is 1. The van der Waals surface area contributed by atoms with E-state index in [1.807, 2.05) is 5.01 Å². The maximum Gasteiger partial charge on any atom is 0.248 e. The molecule has 0 radical (unpaired) electrons. The first-order valence-electron chi connectivity index (χ1n) is 5.85. The van der Waals surface area contributed by atoms with Crippen LogP contribution in [0.5, 0.6) is 0 Å². The zero-order chi connectivity index (χ0) is 12.2. The van der Waals surface area contributed by atoms with E-state index in [0.717, 1.165) is 26.2 Å². The molecule has 1 heterocycles. The van der Waals surface area contributed by atoms with Crippen LogP contribution in [-0.2, 0) is 4.79 Å². The van der Waals surface area contributed by atoms with Crippen molar-refractivity contribution in [2.75, 3.05) is 39.8 Å². The van der Waals surface area contributed by atoms with Gasteiger partial charge in [-0.15, -0.1) is 0 Å². The number of nitrogens with zero attached hydrogens (tertiary/aromatic N) is 2. The molecule has 0 saturated carbocycles. The zero-order valence-corrected chi connectivity index (χ0v) is 10.8. The zero-order valence-electron chi connectivity index (χ0n) is 10.8. The highest BCUT2D eigenvalue weighted by Gasteiger charge is 2.16. The molecular formula is C11H24N4O. The Morgan fingerprint density at radius 1 is 1.19 bits per heavy atom. The maximum absolute atomic E-state index is 11.6. The Morgan fingerprint density at radius 3 is 2.25 bits per heavy atom. The Balaban J connectivity index is 2.19. The van der Waals surface area contributed by atoms with E-state index in [2.05, 4.69) is 43.5 Å². The van der Waals surface area contributed by atoms with E-state index >= 15 is 0 Å². The van der Waals surface area contributed by atoms with Crippen molar-refractivity contribution in [1.29, 1.82) is 0 Å². The smallest absolute Gasteiger partial charge is 0.248 e. The second-order valence-electron chi connectivity index (χ2n) is 5.43. The molecule has 1 fully saturated rings. The summed E-state index contributed by atoms with van der Waals surface area (Å²) in [4.78, 5) is 13.9. The van der Waals surface area contributed by atoms with Gasteiger partial charge in [0.05, 0.1) is 6.54 Å². The third kappa shape index (κ3) is 5.44. The predicted octanol–water partition coefficient (Wildman–Crippen LogP) is -0.347. The van der Waals surface area contributed by atoms with Gasteiger partial charge in [0.25, 0.3) is 0 Å². The molecule has 0 bridgehead atoms. The SMILES string of the molecule is CN1CCN(NC(=O)CNC(C)(C)C)CC1. The van der Waals surface area contributed by atoms with Crippen LogP contribution < -0.4 is 10.7 Å². The fraction of sp³-hybridized carbons (Fsp3) is 0.909. The summed E-state index contributed by atoms with van der Waals surface area (Å²) in [5, 5.41) is 5.16. The number of nitrogens with one attached hydrogen (secondary N) is 2. The Morgan fingerprint density at radius 2 is 1.75 bits per heavy atom. The van der Waals surface area contributed by atoms with Crippen molar-refractivity contribution in [2.45, 2.75) is 26.3 Å². The molecule has 1 aliphatic heterocycles. The number of hydrogen-bond donors (Lipinski definition) is 2. The predicted molar refractivity (Wildman–Crippen MR) is 65.0 cm³/mol. The molecule has 0 spiro atoms. The third-order valence-corrected chi connectivity index (χ3v) is 2.57. The fourth-order valence-corrected chi connectivity index (χ4v) is 1.48. The summed E-state index contributed by atoms with van der Waals surface area (Å²) in [6.07, 6.45) is 0. The van der Waals surface area contributed by atoms with Crippen LogP contribution in [0.25, 0.3) is 0 Å². The Labute approximate surface area is 98.1 Å². The minimum Gasteiger partial charge on any atom is -0.304 e. The van der Waals surface area contributed by atoms with Gasteiger partial charge in [-0.05, 0) is 27.8 Å². The molecule has 1 rings (SSSR count). The van der Waals surface area contributed by atoms with Gasteiger partial charge in [0, 0.05) is 31.7 Å². The minimum absolute atomic E-state index is 0.0144. The van der Waals surface area contributed by atoms with Crippen LogP contribution in [0, 0.1) is 0 Å². The van der Waals surface area contributed by atoms with Gasteiger partial charge in [-0.1, -0.05) is 0 Å². The summed E-state index contributed by atoms with van der Waals surface area (Å²) in [6, 6.07) is 0. The molecule has 5 nitrogen and oxygen atoms in total. The van der Waals surface area contributed by atoms with Gasteiger partial charge in [-0.3, -0.25) is 10.2 Å². The highest BCUT2D eigenvalue weighted by Crippen LogP contribution is 1.98. The van der Waals surface area contributed by atoms with E-state index in [1.54, 1.807) is 0 Å². The van der Waals surface area contributed by atoms with E-state index in [9.17, 15) is 4.79 Å². The Bertz CT molecular complexity index is 229. The van der Waals surface area contributed by atoms with Gasteiger partial charge >= 0.3 is 0 Å². The van der Waals surface area contributed by atoms with E-state index in [-0.39, 0.29) is 11.4 Å². The Hall–Kier alpha value is -0.650. The van der Waals surface area contributed by atoms with Crippen LogP contribution in [0.15, 0.2) is 0 Å². The van der Waals surface area contributed by atoms with E-state index < -0.39 is 0 Å². The van der Waals surface area contributed by atoms with Gasteiger partial charge in [0.1, 0.15) is 0 Å². The number of carbonyl (C=O) groups is 1. The van der Waals surface area contributed by atoms with Gasteiger partial charge in [-0.25, -0.2) is 5.01 Å². The van der Waals surface area contributed by atoms with Crippen molar-refractivity contribution in [3.05, 3.63) is 0 Å². The molecule has 1 saturated heterocycles. The molecule has 0 aromatic rings. The highest BCUT2D eigenvalue weighted by molar-refractivity contribution is 5.77. The quantitative estimate of drug-likeness (QED) is 0.693. The van der Waals surface area contributed by atoms with Gasteiger partial charge in [0.15, 0.2) is 0 Å². The molecule has 94 valence electrons. The van der Waals surface area contributed by atoms with Crippen molar-refractivity contribution in [3.63, 3.8) is 0 Å². The number of carbonyl (C=O) groups excluding carboxylic acids is 1. The first kappa shape index (κ1) is 13.4. The maximum atomic E-state index is 11.6. The van der Waals surface area contributed by atoms with Gasteiger partial charge in [-0.2, -0.15) is 0 Å². The second kappa shape index (κ2) is 5.61. The van der Waals surface area contributed by atoms with Crippen LogP contribution >= 0.6 is 0 Å². The standard InChI is InChI=1S/C11H24N4O/c1-11(2,3)12-9-10(16)13-15-7-5-14(4)6-8-15/h12H,5-9H2,1-4H3,(H,13,16). The average Bonchev–Trinajstić information content (AvgIpc) is 2.18. The number of amides is 1. The second-order valence-corrected chi connectivity index (χ2v) is 5.43. The summed E-state index contributed by atoms with van der Waals surface area (Å²) >= 11 is 0. The molecule has 5 heteroatoms. The van der Waals surface area contributed by atoms with Crippen molar-refractivity contribution in [2.24, 2.45) is 0 Å². The topological polar surface area (TPSA) is 47.6 Å². The van der Waals surface area contributed by atoms with Gasteiger partial charge in [0.2, 0.25) is 5.91 Å². The molecule has 0 aromatic carbocycles. The lowest BCUT2D eigenvalue weighted by molar-refractivity contribution is -0.126. The number of rotatable bonds is 3. The molecule has 0 aromatic heterocycles. The molecule has 2 N–H and O–H groups in total. The van der Waals surface area contributed by atoms with Crippen LogP contribution in [0.2, 0.25) is 0 Å². The molecule has 1 aliphatic rings. The minimum atomic E-state index is -0.0144. The lowest BCUT2D eigenvalue weighted by Crippen LogP contribution is -2.55. The van der Waals surface area contributed by atoms with Crippen LogP contribution in [-0.4, -0.2) is 61.1 Å². The molecule has 0 unspecified atom stereocenters. The van der Waals surface area contributed by atoms with Crippen molar-refractivity contribution >= 4 is 5.91 Å². The van der Waals surface area contributed by atoms with Gasteiger partial charge < -0.3 is 10.2 Å². The lowest BCUT2D eigenvalue weighted by atomic mass is 10.1. The number of hydrogen-bond acceptors (Lipinski definition) is 4. The summed E-state index contributed by atoms with van der Waals surface area (Å²) in [5.74, 6) is 0.0412. The molecule has 0 aliphatic carbocycles. The summed E-state index contributed by atoms with van der Waals surface area (Å²) in [5.41, 5.74) is 2.90. The normalized spacial score (nSPS) is 19.8.